The van der Waals surface area contributed by atoms with E-state index in [1.165, 1.54) is 11.8 Å². The molecule has 162 valence electrons. The zero-order valence-electron chi connectivity index (χ0n) is 17.7. The summed E-state index contributed by atoms with van der Waals surface area (Å²) in [6, 6.07) is 23.9. The van der Waals surface area contributed by atoms with Crippen LogP contribution in [0.2, 0.25) is 5.02 Å². The number of anilines is 1. The van der Waals surface area contributed by atoms with Gasteiger partial charge in [-0.15, -0.1) is 0 Å². The average Bonchev–Trinajstić information content (AvgIpc) is 2.78. The van der Waals surface area contributed by atoms with Crippen molar-refractivity contribution in [1.82, 2.24) is 9.55 Å². The first-order valence-electron chi connectivity index (χ1n) is 10.2. The zero-order chi connectivity index (χ0) is 22.7. The van der Waals surface area contributed by atoms with E-state index in [1.54, 1.807) is 27.7 Å². The Kier molecular flexibility index (Phi) is 6.63. The number of rotatable bonds is 6. The van der Waals surface area contributed by atoms with Gasteiger partial charge in [0.2, 0.25) is 5.91 Å². The first kappa shape index (κ1) is 22.1. The summed E-state index contributed by atoms with van der Waals surface area (Å²) >= 11 is 7.38. The van der Waals surface area contributed by atoms with Gasteiger partial charge in [0.05, 0.1) is 22.3 Å². The Bertz CT molecular complexity index is 1310. The van der Waals surface area contributed by atoms with Gasteiger partial charge >= 0.3 is 0 Å². The van der Waals surface area contributed by atoms with Gasteiger partial charge in [-0.25, -0.2) is 4.98 Å². The second kappa shape index (κ2) is 9.59. The lowest BCUT2D eigenvalue weighted by Gasteiger charge is -2.27. The zero-order valence-corrected chi connectivity index (χ0v) is 19.3. The van der Waals surface area contributed by atoms with Crippen LogP contribution in [0.4, 0.5) is 5.69 Å². The summed E-state index contributed by atoms with van der Waals surface area (Å²) in [5.74, 6) is 0.0783. The molecule has 0 saturated heterocycles. The summed E-state index contributed by atoms with van der Waals surface area (Å²) < 4.78 is 1.55. The lowest BCUT2D eigenvalue weighted by Crippen LogP contribution is -2.38. The van der Waals surface area contributed by atoms with Crippen LogP contribution in [-0.4, -0.2) is 27.3 Å². The van der Waals surface area contributed by atoms with Gasteiger partial charge in [0.15, 0.2) is 5.16 Å². The number of halogens is 1. The molecule has 4 aromatic rings. The standard InChI is InChI=1S/C25H22ClN3O2S/c1-17(2)28(19-9-5-3-6-10-19)23(30)16-32-25-27-22-15-18(26)13-14-21(22)24(31)29(25)20-11-7-4-8-12-20/h3-15,17H,16H2,1-2H3. The number of benzene rings is 3. The summed E-state index contributed by atoms with van der Waals surface area (Å²) in [5.41, 5.74) is 1.84. The van der Waals surface area contributed by atoms with Crippen LogP contribution in [0.25, 0.3) is 16.6 Å². The van der Waals surface area contributed by atoms with Crippen molar-refractivity contribution in [1.29, 1.82) is 0 Å². The number of hydrogen-bond acceptors (Lipinski definition) is 4. The van der Waals surface area contributed by atoms with Crippen LogP contribution in [0, 0.1) is 0 Å². The normalized spacial score (nSPS) is 11.1. The molecular formula is C25H22ClN3O2S. The third kappa shape index (κ3) is 4.56. The fraction of sp³-hybridized carbons (Fsp3) is 0.160. The van der Waals surface area contributed by atoms with E-state index >= 15 is 0 Å². The van der Waals surface area contributed by atoms with E-state index in [0.29, 0.717) is 26.8 Å². The van der Waals surface area contributed by atoms with Crippen molar-refractivity contribution < 1.29 is 4.79 Å². The van der Waals surface area contributed by atoms with Crippen molar-refractivity contribution in [3.05, 3.63) is 94.2 Å². The highest BCUT2D eigenvalue weighted by atomic mass is 35.5. The minimum absolute atomic E-state index is 0.00909. The molecule has 5 nitrogen and oxygen atoms in total. The first-order chi connectivity index (χ1) is 15.5. The van der Waals surface area contributed by atoms with Crippen molar-refractivity contribution in [3.8, 4) is 5.69 Å². The lowest BCUT2D eigenvalue weighted by molar-refractivity contribution is -0.116. The van der Waals surface area contributed by atoms with E-state index < -0.39 is 0 Å². The number of nitrogens with zero attached hydrogens (tertiary/aromatic N) is 3. The van der Waals surface area contributed by atoms with Crippen LogP contribution in [-0.2, 0) is 4.79 Å². The van der Waals surface area contributed by atoms with Gasteiger partial charge in [0, 0.05) is 16.8 Å². The summed E-state index contributed by atoms with van der Waals surface area (Å²) in [6.45, 7) is 3.96. The van der Waals surface area contributed by atoms with Crippen LogP contribution in [0.5, 0.6) is 0 Å². The quantitative estimate of drug-likeness (QED) is 0.277. The fourth-order valence-electron chi connectivity index (χ4n) is 3.55. The van der Waals surface area contributed by atoms with Gasteiger partial charge in [-0.2, -0.15) is 0 Å². The van der Waals surface area contributed by atoms with Crippen LogP contribution in [0.15, 0.2) is 88.8 Å². The molecule has 1 aromatic heterocycles. The Hall–Kier alpha value is -3.09. The number of carbonyl (C=O) groups excluding carboxylic acids is 1. The Morgan fingerprint density at radius 2 is 1.69 bits per heavy atom. The third-order valence-corrected chi connectivity index (χ3v) is 6.12. The van der Waals surface area contributed by atoms with Crippen LogP contribution >= 0.6 is 23.4 Å². The van der Waals surface area contributed by atoms with E-state index in [-0.39, 0.29) is 23.3 Å². The summed E-state index contributed by atoms with van der Waals surface area (Å²) in [4.78, 5) is 33.0. The van der Waals surface area contributed by atoms with Crippen molar-refractivity contribution in [3.63, 3.8) is 0 Å². The largest absolute Gasteiger partial charge is 0.309 e. The Balaban J connectivity index is 1.73. The SMILES string of the molecule is CC(C)N(C(=O)CSc1nc2cc(Cl)ccc2c(=O)n1-c1ccccc1)c1ccccc1. The molecule has 0 atom stereocenters. The molecule has 0 aliphatic carbocycles. The van der Waals surface area contributed by atoms with Gasteiger partial charge in [0.25, 0.3) is 5.56 Å². The minimum atomic E-state index is -0.198. The van der Waals surface area contributed by atoms with Crippen molar-refractivity contribution in [2.24, 2.45) is 0 Å². The second-order valence-electron chi connectivity index (χ2n) is 7.51. The van der Waals surface area contributed by atoms with Crippen LogP contribution in [0.1, 0.15) is 13.8 Å². The van der Waals surface area contributed by atoms with Crippen molar-refractivity contribution >= 4 is 45.9 Å². The van der Waals surface area contributed by atoms with E-state index in [1.807, 2.05) is 74.5 Å². The molecule has 0 bridgehead atoms. The number of carbonyl (C=O) groups is 1. The molecule has 0 fully saturated rings. The molecule has 3 aromatic carbocycles. The molecule has 7 heteroatoms. The first-order valence-corrected chi connectivity index (χ1v) is 11.6. The molecule has 0 saturated carbocycles. The van der Waals surface area contributed by atoms with Crippen molar-refractivity contribution in [2.45, 2.75) is 25.0 Å². The van der Waals surface area contributed by atoms with Crippen LogP contribution in [0.3, 0.4) is 0 Å². The van der Waals surface area contributed by atoms with Crippen LogP contribution < -0.4 is 10.5 Å². The monoisotopic (exact) mass is 463 g/mol. The topological polar surface area (TPSA) is 55.2 Å². The maximum absolute atomic E-state index is 13.3. The van der Waals surface area contributed by atoms with Gasteiger partial charge in [0.1, 0.15) is 0 Å². The Labute approximate surface area is 195 Å². The van der Waals surface area contributed by atoms with Gasteiger partial charge in [-0.1, -0.05) is 59.8 Å². The predicted octanol–water partition coefficient (Wildman–Crippen LogP) is 5.57. The van der Waals surface area contributed by atoms with E-state index in [4.69, 9.17) is 16.6 Å². The highest BCUT2D eigenvalue weighted by Gasteiger charge is 2.21. The predicted molar refractivity (Wildman–Crippen MR) is 132 cm³/mol. The number of amides is 1. The average molecular weight is 464 g/mol. The summed E-state index contributed by atoms with van der Waals surface area (Å²) in [6.07, 6.45) is 0. The third-order valence-electron chi connectivity index (χ3n) is 4.96. The highest BCUT2D eigenvalue weighted by Crippen LogP contribution is 2.25. The maximum atomic E-state index is 13.3. The minimum Gasteiger partial charge on any atom is -0.309 e. The fourth-order valence-corrected chi connectivity index (χ4v) is 4.59. The number of hydrogen-bond donors (Lipinski definition) is 0. The Morgan fingerprint density at radius 1 is 1.03 bits per heavy atom. The smallest absolute Gasteiger partial charge is 0.266 e. The van der Waals surface area contributed by atoms with Gasteiger partial charge < -0.3 is 4.90 Å². The second-order valence-corrected chi connectivity index (χ2v) is 8.89. The summed E-state index contributed by atoms with van der Waals surface area (Å²) in [5, 5.41) is 1.42. The highest BCUT2D eigenvalue weighted by molar-refractivity contribution is 7.99. The number of fused-ring (bicyclic) bond motifs is 1. The number of para-hydroxylation sites is 2. The molecule has 0 N–H and O–H groups in total. The van der Waals surface area contributed by atoms with Gasteiger partial charge in [-0.05, 0) is 56.3 Å². The molecule has 1 amide bonds. The summed E-state index contributed by atoms with van der Waals surface area (Å²) in [7, 11) is 0. The van der Waals surface area contributed by atoms with E-state index in [2.05, 4.69) is 0 Å². The molecular weight excluding hydrogens is 442 g/mol. The molecule has 0 unspecified atom stereocenters. The molecule has 1 heterocycles. The molecule has 0 spiro atoms. The maximum Gasteiger partial charge on any atom is 0.266 e. The molecule has 32 heavy (non-hydrogen) atoms. The number of thioether (sulfide) groups is 1. The van der Waals surface area contributed by atoms with Crippen molar-refractivity contribution in [2.75, 3.05) is 10.7 Å². The van der Waals surface area contributed by atoms with E-state index in [9.17, 15) is 9.59 Å². The molecule has 0 radical (unpaired) electrons. The molecule has 0 aliphatic heterocycles. The molecule has 0 aliphatic rings. The lowest BCUT2D eigenvalue weighted by atomic mass is 10.2. The van der Waals surface area contributed by atoms with Gasteiger partial charge in [-0.3, -0.25) is 14.2 Å². The molecule has 4 rings (SSSR count). The Morgan fingerprint density at radius 3 is 2.34 bits per heavy atom. The number of aromatic nitrogens is 2. The van der Waals surface area contributed by atoms with E-state index in [0.717, 1.165) is 5.69 Å².